The van der Waals surface area contributed by atoms with Gasteiger partial charge in [0.2, 0.25) is 6.39 Å². The number of fused-ring (bicyclic) bond motifs is 3. The van der Waals surface area contributed by atoms with Crippen molar-refractivity contribution in [3.63, 3.8) is 0 Å². The monoisotopic (exact) mass is 255 g/mol. The minimum absolute atomic E-state index is 0.416. The molecule has 1 aromatic carbocycles. The molecule has 2 N–H and O–H groups in total. The molecule has 1 fully saturated rings. The first-order chi connectivity index (χ1) is 9.28. The normalized spacial score (nSPS) is 32.9. The van der Waals surface area contributed by atoms with E-state index in [0.717, 1.165) is 25.7 Å². The maximum absolute atomic E-state index is 6.77. The van der Waals surface area contributed by atoms with Crippen molar-refractivity contribution in [2.45, 2.75) is 31.2 Å². The summed E-state index contributed by atoms with van der Waals surface area (Å²) in [5, 5.41) is 4.05. The van der Waals surface area contributed by atoms with E-state index < -0.39 is 5.54 Å². The van der Waals surface area contributed by atoms with E-state index in [4.69, 9.17) is 10.3 Å². The van der Waals surface area contributed by atoms with Crippen molar-refractivity contribution < 1.29 is 4.52 Å². The maximum atomic E-state index is 6.77. The van der Waals surface area contributed by atoms with Gasteiger partial charge in [0.25, 0.3) is 0 Å². The molecule has 98 valence electrons. The number of rotatable bonds is 1. The summed E-state index contributed by atoms with van der Waals surface area (Å²) in [5.41, 5.74) is 9.22. The standard InChI is InChI=1S/C15H17N3O/c16-15(14-17-9-19-18-14)12-5-6-13(15)8-11-4-2-1-3-10(11)7-12/h1-4,9,12-13H,5-8,16H2. The number of nitrogens with two attached hydrogens (primary N) is 1. The second-order valence-electron chi connectivity index (χ2n) is 5.84. The zero-order valence-electron chi connectivity index (χ0n) is 10.7. The van der Waals surface area contributed by atoms with Gasteiger partial charge in [-0.1, -0.05) is 29.4 Å². The predicted molar refractivity (Wildman–Crippen MR) is 70.2 cm³/mol. The molecular formula is C15H17N3O. The Morgan fingerprint density at radius 1 is 1.11 bits per heavy atom. The number of aromatic nitrogens is 2. The molecule has 0 amide bonds. The van der Waals surface area contributed by atoms with Crippen LogP contribution in [0, 0.1) is 11.8 Å². The van der Waals surface area contributed by atoms with Gasteiger partial charge in [-0.05, 0) is 48.6 Å². The number of benzene rings is 1. The van der Waals surface area contributed by atoms with Gasteiger partial charge < -0.3 is 10.3 Å². The lowest BCUT2D eigenvalue weighted by molar-refractivity contribution is 0.230. The van der Waals surface area contributed by atoms with Crippen LogP contribution in [-0.4, -0.2) is 10.1 Å². The third kappa shape index (κ3) is 1.49. The number of hydrogen-bond acceptors (Lipinski definition) is 4. The third-order valence-electron chi connectivity index (χ3n) is 5.01. The lowest BCUT2D eigenvalue weighted by Gasteiger charge is -2.31. The van der Waals surface area contributed by atoms with Gasteiger partial charge in [0.15, 0.2) is 5.82 Å². The molecule has 2 unspecified atom stereocenters. The van der Waals surface area contributed by atoms with Crippen LogP contribution in [0.5, 0.6) is 0 Å². The van der Waals surface area contributed by atoms with Crippen LogP contribution in [0.3, 0.4) is 0 Å². The van der Waals surface area contributed by atoms with Crippen LogP contribution in [0.15, 0.2) is 35.2 Å². The molecule has 1 aromatic heterocycles. The minimum atomic E-state index is -0.425. The van der Waals surface area contributed by atoms with Gasteiger partial charge in [0.05, 0.1) is 5.54 Å². The molecule has 2 atom stereocenters. The van der Waals surface area contributed by atoms with Gasteiger partial charge in [-0.15, -0.1) is 0 Å². The molecule has 0 spiro atoms. The first-order valence-corrected chi connectivity index (χ1v) is 6.91. The summed E-state index contributed by atoms with van der Waals surface area (Å²) in [5.74, 6) is 1.52. The molecule has 2 aliphatic rings. The highest BCUT2D eigenvalue weighted by Gasteiger charge is 2.52. The van der Waals surface area contributed by atoms with Gasteiger partial charge >= 0.3 is 0 Å². The fourth-order valence-electron chi connectivity index (χ4n) is 3.97. The van der Waals surface area contributed by atoms with Gasteiger partial charge in [-0.25, -0.2) is 0 Å². The topological polar surface area (TPSA) is 64.9 Å². The quantitative estimate of drug-likeness (QED) is 0.847. The summed E-state index contributed by atoms with van der Waals surface area (Å²) in [6.07, 6.45) is 5.75. The Balaban J connectivity index is 1.82. The zero-order valence-corrected chi connectivity index (χ0v) is 10.7. The highest BCUT2D eigenvalue weighted by molar-refractivity contribution is 5.33. The summed E-state index contributed by atoms with van der Waals surface area (Å²) in [4.78, 5) is 4.25. The van der Waals surface area contributed by atoms with Crippen LogP contribution in [0.2, 0.25) is 0 Å². The summed E-state index contributed by atoms with van der Waals surface area (Å²) in [6, 6.07) is 8.69. The summed E-state index contributed by atoms with van der Waals surface area (Å²) >= 11 is 0. The van der Waals surface area contributed by atoms with E-state index in [1.807, 2.05) is 0 Å². The molecule has 0 saturated heterocycles. The highest BCUT2D eigenvalue weighted by Crippen LogP contribution is 2.50. The summed E-state index contributed by atoms with van der Waals surface area (Å²) < 4.78 is 4.93. The molecule has 0 aliphatic heterocycles. The highest BCUT2D eigenvalue weighted by atomic mass is 16.5. The van der Waals surface area contributed by atoms with E-state index in [9.17, 15) is 0 Å². The van der Waals surface area contributed by atoms with Crippen molar-refractivity contribution in [1.82, 2.24) is 10.1 Å². The molecule has 0 radical (unpaired) electrons. The molecule has 4 nitrogen and oxygen atoms in total. The van der Waals surface area contributed by atoms with Crippen molar-refractivity contribution >= 4 is 0 Å². The molecule has 2 aromatic rings. The Kier molecular flexibility index (Phi) is 2.30. The Morgan fingerprint density at radius 3 is 2.26 bits per heavy atom. The largest absolute Gasteiger partial charge is 0.343 e. The Hall–Kier alpha value is -1.68. The summed E-state index contributed by atoms with van der Waals surface area (Å²) in [7, 11) is 0. The van der Waals surface area contributed by atoms with E-state index in [1.54, 1.807) is 0 Å². The van der Waals surface area contributed by atoms with Crippen molar-refractivity contribution in [3.8, 4) is 0 Å². The fraction of sp³-hybridized carbons (Fsp3) is 0.467. The molecule has 2 aliphatic carbocycles. The van der Waals surface area contributed by atoms with E-state index >= 15 is 0 Å². The first kappa shape index (κ1) is 11.2. The molecular weight excluding hydrogens is 238 g/mol. The summed E-state index contributed by atoms with van der Waals surface area (Å²) in [6.45, 7) is 0. The van der Waals surface area contributed by atoms with Crippen molar-refractivity contribution in [3.05, 3.63) is 47.6 Å². The second kappa shape index (κ2) is 3.90. The Labute approximate surface area is 112 Å². The van der Waals surface area contributed by atoms with E-state index in [-0.39, 0.29) is 0 Å². The van der Waals surface area contributed by atoms with Crippen LogP contribution >= 0.6 is 0 Å². The van der Waals surface area contributed by atoms with Crippen LogP contribution in [0.1, 0.15) is 29.8 Å². The SMILES string of the molecule is NC1(c2ncon2)C2CCC1Cc1ccccc1C2. The van der Waals surface area contributed by atoms with Crippen LogP contribution in [-0.2, 0) is 18.4 Å². The van der Waals surface area contributed by atoms with Gasteiger partial charge in [-0.3, -0.25) is 0 Å². The average molecular weight is 255 g/mol. The van der Waals surface area contributed by atoms with E-state index in [2.05, 4.69) is 34.4 Å². The minimum Gasteiger partial charge on any atom is -0.343 e. The Morgan fingerprint density at radius 2 is 1.74 bits per heavy atom. The molecule has 2 bridgehead atoms. The fourth-order valence-corrected chi connectivity index (χ4v) is 3.97. The molecule has 4 heteroatoms. The number of hydrogen-bond donors (Lipinski definition) is 1. The maximum Gasteiger partial charge on any atom is 0.213 e. The van der Waals surface area contributed by atoms with E-state index in [0.29, 0.717) is 17.7 Å². The van der Waals surface area contributed by atoms with Gasteiger partial charge in [0.1, 0.15) is 0 Å². The van der Waals surface area contributed by atoms with Crippen molar-refractivity contribution in [1.29, 1.82) is 0 Å². The average Bonchev–Trinajstić information content (AvgIpc) is 2.99. The van der Waals surface area contributed by atoms with Crippen LogP contribution < -0.4 is 5.73 Å². The molecule has 19 heavy (non-hydrogen) atoms. The molecule has 4 rings (SSSR count). The molecule has 1 saturated carbocycles. The smallest absolute Gasteiger partial charge is 0.213 e. The first-order valence-electron chi connectivity index (χ1n) is 6.91. The third-order valence-corrected chi connectivity index (χ3v) is 5.01. The van der Waals surface area contributed by atoms with Gasteiger partial charge in [-0.2, -0.15) is 4.98 Å². The lowest BCUT2D eigenvalue weighted by atomic mass is 9.79. The van der Waals surface area contributed by atoms with Crippen LogP contribution in [0.4, 0.5) is 0 Å². The number of nitrogens with zero attached hydrogens (tertiary/aromatic N) is 2. The lowest BCUT2D eigenvalue weighted by Crippen LogP contribution is -2.47. The molecule has 1 heterocycles. The second-order valence-corrected chi connectivity index (χ2v) is 5.84. The van der Waals surface area contributed by atoms with Crippen molar-refractivity contribution in [2.24, 2.45) is 17.6 Å². The van der Waals surface area contributed by atoms with Crippen LogP contribution in [0.25, 0.3) is 0 Å². The van der Waals surface area contributed by atoms with Crippen molar-refractivity contribution in [2.75, 3.05) is 0 Å². The van der Waals surface area contributed by atoms with Gasteiger partial charge in [0, 0.05) is 0 Å². The predicted octanol–water partition coefficient (Wildman–Crippen LogP) is 2.05. The Bertz CT molecular complexity index is 560. The van der Waals surface area contributed by atoms with E-state index in [1.165, 1.54) is 17.5 Å². The zero-order chi connectivity index (χ0) is 12.9.